The fourth-order valence-electron chi connectivity index (χ4n) is 1.71. The average molecular weight is 282 g/mol. The molecule has 0 amide bonds. The van der Waals surface area contributed by atoms with E-state index in [1.807, 2.05) is 30.3 Å². The van der Waals surface area contributed by atoms with Gasteiger partial charge < -0.3 is 10.6 Å². The van der Waals surface area contributed by atoms with E-state index in [2.05, 4.69) is 5.10 Å². The lowest BCUT2D eigenvalue weighted by atomic mass is 10.1. The zero-order valence-corrected chi connectivity index (χ0v) is 11.2. The molecule has 5 heteroatoms. The molecule has 0 aliphatic rings. The van der Waals surface area contributed by atoms with Crippen LogP contribution in [0, 0.1) is 0 Å². The van der Waals surface area contributed by atoms with Gasteiger partial charge in [0, 0.05) is 5.56 Å². The molecule has 0 fully saturated rings. The van der Waals surface area contributed by atoms with Crippen LogP contribution in [0.3, 0.4) is 0 Å². The van der Waals surface area contributed by atoms with Gasteiger partial charge in [-0.1, -0.05) is 54.6 Å². The number of esters is 1. The molecule has 0 saturated carbocycles. The molecule has 0 heterocycles. The van der Waals surface area contributed by atoms with Gasteiger partial charge in [0.25, 0.3) is 5.78 Å². The summed E-state index contributed by atoms with van der Waals surface area (Å²) in [5.74, 6) is 3.48. The Balaban J connectivity index is 1.97. The number of hydrogen-bond donors (Lipinski definition) is 1. The van der Waals surface area contributed by atoms with E-state index in [0.717, 1.165) is 11.1 Å². The van der Waals surface area contributed by atoms with E-state index in [-0.39, 0.29) is 12.2 Å². The number of hydrazone groups is 1. The van der Waals surface area contributed by atoms with Gasteiger partial charge in [-0.05, 0) is 11.1 Å². The van der Waals surface area contributed by atoms with Crippen LogP contribution in [0.4, 0.5) is 0 Å². The number of ketones is 1. The van der Waals surface area contributed by atoms with Crippen molar-refractivity contribution in [1.82, 2.24) is 0 Å². The molecule has 21 heavy (non-hydrogen) atoms. The highest BCUT2D eigenvalue weighted by Crippen LogP contribution is 2.07. The fraction of sp³-hybridized carbons (Fsp3) is 0.0625. The van der Waals surface area contributed by atoms with E-state index >= 15 is 0 Å². The minimum Gasteiger partial charge on any atom is -0.455 e. The second-order valence-corrected chi connectivity index (χ2v) is 4.29. The SMILES string of the molecule is N/N=C\c1ccc(C(=O)C(=O)OCc2ccccc2)cc1. The summed E-state index contributed by atoms with van der Waals surface area (Å²) < 4.78 is 4.99. The highest BCUT2D eigenvalue weighted by Gasteiger charge is 2.17. The lowest BCUT2D eigenvalue weighted by Gasteiger charge is -2.04. The first-order chi connectivity index (χ1) is 10.2. The van der Waals surface area contributed by atoms with E-state index < -0.39 is 11.8 Å². The van der Waals surface area contributed by atoms with Crippen molar-refractivity contribution in [1.29, 1.82) is 0 Å². The maximum absolute atomic E-state index is 11.9. The Bertz CT molecular complexity index is 649. The zero-order valence-electron chi connectivity index (χ0n) is 11.2. The maximum atomic E-state index is 11.9. The third kappa shape index (κ3) is 4.01. The van der Waals surface area contributed by atoms with Crippen LogP contribution in [0.15, 0.2) is 59.7 Å². The molecule has 2 aromatic carbocycles. The van der Waals surface area contributed by atoms with Gasteiger partial charge in [0.15, 0.2) is 0 Å². The number of carbonyl (C=O) groups excluding carboxylic acids is 2. The second kappa shape index (κ2) is 7.00. The minimum absolute atomic E-state index is 0.0727. The first-order valence-electron chi connectivity index (χ1n) is 6.29. The minimum atomic E-state index is -0.876. The highest BCUT2D eigenvalue weighted by molar-refractivity contribution is 6.40. The van der Waals surface area contributed by atoms with Crippen molar-refractivity contribution < 1.29 is 14.3 Å². The van der Waals surface area contributed by atoms with Gasteiger partial charge in [-0.3, -0.25) is 4.79 Å². The van der Waals surface area contributed by atoms with Gasteiger partial charge in [-0.25, -0.2) is 4.79 Å². The van der Waals surface area contributed by atoms with E-state index in [9.17, 15) is 9.59 Å². The molecule has 106 valence electrons. The predicted molar refractivity (Wildman–Crippen MR) is 78.8 cm³/mol. The molecule has 0 radical (unpaired) electrons. The molecule has 0 spiro atoms. The van der Waals surface area contributed by atoms with Crippen molar-refractivity contribution in [2.75, 3.05) is 0 Å². The van der Waals surface area contributed by atoms with Crippen LogP contribution in [0.25, 0.3) is 0 Å². The number of benzene rings is 2. The summed E-state index contributed by atoms with van der Waals surface area (Å²) in [6.07, 6.45) is 1.45. The Labute approximate surface area is 122 Å². The standard InChI is InChI=1S/C16H14N2O3/c17-18-10-12-6-8-14(9-7-12)15(19)16(20)21-11-13-4-2-1-3-5-13/h1-10H,11,17H2/b18-10-. The molecular weight excluding hydrogens is 268 g/mol. The number of hydrogen-bond acceptors (Lipinski definition) is 5. The lowest BCUT2D eigenvalue weighted by Crippen LogP contribution is -2.17. The molecule has 0 atom stereocenters. The van der Waals surface area contributed by atoms with Crippen molar-refractivity contribution in [3.63, 3.8) is 0 Å². The Morgan fingerprint density at radius 1 is 1.05 bits per heavy atom. The summed E-state index contributed by atoms with van der Waals surface area (Å²) in [5, 5.41) is 3.38. The average Bonchev–Trinajstić information content (AvgIpc) is 2.54. The van der Waals surface area contributed by atoms with E-state index in [4.69, 9.17) is 10.6 Å². The number of ether oxygens (including phenoxy) is 1. The molecule has 2 aromatic rings. The van der Waals surface area contributed by atoms with Crippen molar-refractivity contribution in [3.05, 3.63) is 71.3 Å². The summed E-state index contributed by atoms with van der Waals surface area (Å²) >= 11 is 0. The molecular formula is C16H14N2O3. The molecule has 0 saturated heterocycles. The van der Waals surface area contributed by atoms with Gasteiger partial charge >= 0.3 is 5.97 Å². The Kier molecular flexibility index (Phi) is 4.82. The number of nitrogens with two attached hydrogens (primary N) is 1. The zero-order chi connectivity index (χ0) is 15.1. The van der Waals surface area contributed by atoms with Gasteiger partial charge in [-0.2, -0.15) is 5.10 Å². The summed E-state index contributed by atoms with van der Waals surface area (Å²) in [7, 11) is 0. The van der Waals surface area contributed by atoms with Crippen LogP contribution in [-0.2, 0) is 16.1 Å². The summed E-state index contributed by atoms with van der Waals surface area (Å²) in [5.41, 5.74) is 1.84. The van der Waals surface area contributed by atoms with Gasteiger partial charge in [0.1, 0.15) is 6.61 Å². The van der Waals surface area contributed by atoms with Crippen LogP contribution in [-0.4, -0.2) is 18.0 Å². The monoisotopic (exact) mass is 282 g/mol. The normalized spacial score (nSPS) is 10.5. The number of Topliss-reactive ketones (excluding diaryl/α,β-unsaturated/α-hetero) is 1. The molecule has 2 rings (SSSR count). The Morgan fingerprint density at radius 3 is 2.33 bits per heavy atom. The molecule has 0 aliphatic heterocycles. The van der Waals surface area contributed by atoms with E-state index in [1.165, 1.54) is 18.3 Å². The molecule has 2 N–H and O–H groups in total. The molecule has 0 aliphatic carbocycles. The molecule has 0 bridgehead atoms. The summed E-state index contributed by atoms with van der Waals surface area (Å²) in [4.78, 5) is 23.6. The van der Waals surface area contributed by atoms with Crippen LogP contribution >= 0.6 is 0 Å². The van der Waals surface area contributed by atoms with Crippen molar-refractivity contribution in [2.45, 2.75) is 6.61 Å². The molecule has 5 nitrogen and oxygen atoms in total. The second-order valence-electron chi connectivity index (χ2n) is 4.29. The Hall–Kier alpha value is -2.95. The topological polar surface area (TPSA) is 81.8 Å². The highest BCUT2D eigenvalue weighted by atomic mass is 16.5. The number of rotatable bonds is 5. The van der Waals surface area contributed by atoms with Crippen molar-refractivity contribution in [3.8, 4) is 0 Å². The first-order valence-corrected chi connectivity index (χ1v) is 6.29. The number of carbonyl (C=O) groups is 2. The Morgan fingerprint density at radius 2 is 1.71 bits per heavy atom. The third-order valence-electron chi connectivity index (χ3n) is 2.79. The number of nitrogens with zero attached hydrogens (tertiary/aromatic N) is 1. The van der Waals surface area contributed by atoms with Crippen LogP contribution in [0.2, 0.25) is 0 Å². The van der Waals surface area contributed by atoms with Gasteiger partial charge in [0.2, 0.25) is 0 Å². The molecule has 0 aromatic heterocycles. The van der Waals surface area contributed by atoms with Gasteiger partial charge in [-0.15, -0.1) is 0 Å². The lowest BCUT2D eigenvalue weighted by molar-refractivity contribution is -0.139. The fourth-order valence-corrected chi connectivity index (χ4v) is 1.71. The van der Waals surface area contributed by atoms with Crippen LogP contribution in [0.5, 0.6) is 0 Å². The van der Waals surface area contributed by atoms with Crippen LogP contribution in [0.1, 0.15) is 21.5 Å². The maximum Gasteiger partial charge on any atom is 0.380 e. The molecule has 0 unspecified atom stereocenters. The summed E-state index contributed by atoms with van der Waals surface area (Å²) in [6.45, 7) is 0.0727. The predicted octanol–water partition coefficient (Wildman–Crippen LogP) is 1.91. The smallest absolute Gasteiger partial charge is 0.380 e. The quantitative estimate of drug-likeness (QED) is 0.227. The first kappa shape index (κ1) is 14.5. The van der Waals surface area contributed by atoms with Gasteiger partial charge in [0.05, 0.1) is 6.21 Å². The van der Waals surface area contributed by atoms with Crippen LogP contribution < -0.4 is 5.84 Å². The summed E-state index contributed by atoms with van der Waals surface area (Å²) in [6, 6.07) is 15.5. The van der Waals surface area contributed by atoms with E-state index in [1.54, 1.807) is 12.1 Å². The van der Waals surface area contributed by atoms with E-state index in [0.29, 0.717) is 0 Å². The van der Waals surface area contributed by atoms with Crippen molar-refractivity contribution in [2.24, 2.45) is 10.9 Å². The third-order valence-corrected chi connectivity index (χ3v) is 2.79. The largest absolute Gasteiger partial charge is 0.455 e. The van der Waals surface area contributed by atoms with Crippen molar-refractivity contribution >= 4 is 18.0 Å².